The Bertz CT molecular complexity index is 567. The Morgan fingerprint density at radius 2 is 1.90 bits per heavy atom. The largest absolute Gasteiger partial charge is 0.391 e. The van der Waals surface area contributed by atoms with Crippen LogP contribution in [0.25, 0.3) is 0 Å². The Morgan fingerprint density at radius 1 is 1.13 bits per heavy atom. The number of nitrogens with one attached hydrogen (secondary N) is 3. The van der Waals surface area contributed by atoms with Gasteiger partial charge in [0, 0.05) is 38.8 Å². The Hall–Kier alpha value is -0.520. The molecule has 1 saturated carbocycles. The molecule has 6 nitrogen and oxygen atoms in total. The van der Waals surface area contributed by atoms with Crippen LogP contribution in [0.5, 0.6) is 0 Å². The molecule has 0 aromatic rings. The van der Waals surface area contributed by atoms with E-state index in [1.807, 2.05) is 0 Å². The van der Waals surface area contributed by atoms with Crippen LogP contribution in [0.2, 0.25) is 0 Å². The van der Waals surface area contributed by atoms with Gasteiger partial charge in [-0.15, -0.1) is 0 Å². The van der Waals surface area contributed by atoms with Gasteiger partial charge in [-0.3, -0.25) is 20.9 Å². The van der Waals surface area contributed by atoms with E-state index in [9.17, 15) is 18.3 Å². The molecule has 0 amide bonds. The van der Waals surface area contributed by atoms with Gasteiger partial charge < -0.3 is 9.84 Å². The van der Waals surface area contributed by atoms with Crippen molar-refractivity contribution in [2.24, 2.45) is 11.8 Å². The zero-order valence-electron chi connectivity index (χ0n) is 17.3. The van der Waals surface area contributed by atoms with Gasteiger partial charge in [0.25, 0.3) is 0 Å². The van der Waals surface area contributed by atoms with Crippen LogP contribution in [-0.4, -0.2) is 79.3 Å². The van der Waals surface area contributed by atoms with Gasteiger partial charge in [-0.2, -0.15) is 13.2 Å². The Morgan fingerprint density at radius 3 is 2.57 bits per heavy atom. The van der Waals surface area contributed by atoms with Gasteiger partial charge in [-0.25, -0.2) is 4.39 Å². The van der Waals surface area contributed by atoms with Crippen molar-refractivity contribution in [2.45, 2.75) is 81.3 Å². The highest BCUT2D eigenvalue weighted by molar-refractivity contribution is 4.98. The molecule has 3 saturated heterocycles. The minimum absolute atomic E-state index is 0.126. The van der Waals surface area contributed by atoms with Gasteiger partial charge in [0.05, 0.1) is 24.9 Å². The molecule has 174 valence electrons. The Balaban J connectivity index is 1.34. The summed E-state index contributed by atoms with van der Waals surface area (Å²) in [6.07, 6.45) is -2.56. The quantitative estimate of drug-likeness (QED) is 0.490. The molecule has 5 atom stereocenters. The molecule has 4 fully saturated rings. The average Bonchev–Trinajstić information content (AvgIpc) is 3.36. The van der Waals surface area contributed by atoms with Crippen LogP contribution in [0, 0.1) is 11.8 Å². The summed E-state index contributed by atoms with van der Waals surface area (Å²) in [4.78, 5) is 2.15. The third-order valence-corrected chi connectivity index (χ3v) is 7.47. The van der Waals surface area contributed by atoms with E-state index >= 15 is 4.39 Å². The number of halogens is 4. The molecule has 30 heavy (non-hydrogen) atoms. The monoisotopic (exact) mass is 438 g/mol. The predicted octanol–water partition coefficient (Wildman–Crippen LogP) is 1.70. The van der Waals surface area contributed by atoms with Crippen LogP contribution in [-0.2, 0) is 4.74 Å². The third-order valence-electron chi connectivity index (χ3n) is 7.47. The summed E-state index contributed by atoms with van der Waals surface area (Å²) >= 11 is 0. The summed E-state index contributed by atoms with van der Waals surface area (Å²) in [5, 5.41) is 19.8. The van der Waals surface area contributed by atoms with Gasteiger partial charge in [0.15, 0.2) is 6.17 Å². The van der Waals surface area contributed by atoms with E-state index in [1.54, 1.807) is 0 Å². The zero-order valence-corrected chi connectivity index (χ0v) is 17.3. The summed E-state index contributed by atoms with van der Waals surface area (Å²) in [5.41, 5.74) is -0.963. The van der Waals surface area contributed by atoms with Gasteiger partial charge in [0.1, 0.15) is 5.60 Å². The van der Waals surface area contributed by atoms with Crippen LogP contribution in [0.1, 0.15) is 44.9 Å². The van der Waals surface area contributed by atoms with Crippen molar-refractivity contribution in [3.05, 3.63) is 0 Å². The number of rotatable bonds is 5. The Kier molecular flexibility index (Phi) is 6.91. The second-order valence-electron chi connectivity index (χ2n) is 9.46. The first kappa shape index (κ1) is 22.7. The number of hydrogen-bond donors (Lipinski definition) is 4. The summed E-state index contributed by atoms with van der Waals surface area (Å²) in [7, 11) is 0. The number of ether oxygens (including phenoxy) is 1. The summed E-state index contributed by atoms with van der Waals surface area (Å²) in [5.74, 6) is -0.994. The Labute approximate surface area is 175 Å². The molecule has 10 heteroatoms. The molecule has 0 bridgehead atoms. The van der Waals surface area contributed by atoms with Gasteiger partial charge >= 0.3 is 6.18 Å². The zero-order chi connectivity index (χ0) is 21.4. The first-order valence-corrected chi connectivity index (χ1v) is 11.2. The molecule has 0 aromatic heterocycles. The lowest BCUT2D eigenvalue weighted by molar-refractivity contribution is -0.185. The second kappa shape index (κ2) is 9.15. The molecule has 4 aliphatic rings. The fourth-order valence-electron chi connectivity index (χ4n) is 5.70. The SMILES string of the molecule is OC1(CNC2NCNC(N3CCC[C@@H]3C3CCC(C(F)(F)F)CC3)C2F)CCOC1. The number of nitrogens with zero attached hydrogens (tertiary/aromatic N) is 1. The van der Waals surface area contributed by atoms with E-state index in [2.05, 4.69) is 20.9 Å². The molecule has 4 rings (SSSR count). The van der Waals surface area contributed by atoms with Crippen LogP contribution in [0.4, 0.5) is 17.6 Å². The molecule has 0 aromatic carbocycles. The molecule has 3 aliphatic heterocycles. The van der Waals surface area contributed by atoms with E-state index in [-0.39, 0.29) is 38.0 Å². The average molecular weight is 439 g/mol. The maximum atomic E-state index is 15.4. The first-order valence-electron chi connectivity index (χ1n) is 11.2. The van der Waals surface area contributed by atoms with Crippen molar-refractivity contribution in [3.8, 4) is 0 Å². The number of likely N-dealkylation sites (tertiary alicyclic amines) is 1. The minimum atomic E-state index is -4.10. The van der Waals surface area contributed by atoms with Crippen molar-refractivity contribution in [1.29, 1.82) is 0 Å². The maximum Gasteiger partial charge on any atom is 0.391 e. The van der Waals surface area contributed by atoms with E-state index < -0.39 is 36.2 Å². The van der Waals surface area contributed by atoms with Crippen LogP contribution >= 0.6 is 0 Å². The normalized spacial score (nSPS) is 43.9. The predicted molar refractivity (Wildman–Crippen MR) is 103 cm³/mol. The molecule has 0 radical (unpaired) electrons. The van der Waals surface area contributed by atoms with Gasteiger partial charge in [-0.05, 0) is 44.4 Å². The lowest BCUT2D eigenvalue weighted by Crippen LogP contribution is -2.70. The highest BCUT2D eigenvalue weighted by atomic mass is 19.4. The van der Waals surface area contributed by atoms with E-state index in [1.165, 1.54) is 0 Å². The number of hydrogen-bond acceptors (Lipinski definition) is 6. The van der Waals surface area contributed by atoms with E-state index in [4.69, 9.17) is 4.74 Å². The molecule has 4 N–H and O–H groups in total. The fraction of sp³-hybridized carbons (Fsp3) is 1.00. The second-order valence-corrected chi connectivity index (χ2v) is 9.46. The highest BCUT2D eigenvalue weighted by Gasteiger charge is 2.47. The summed E-state index contributed by atoms with van der Waals surface area (Å²) in [6, 6.07) is 0.126. The lowest BCUT2D eigenvalue weighted by atomic mass is 9.77. The topological polar surface area (TPSA) is 68.8 Å². The van der Waals surface area contributed by atoms with Crippen molar-refractivity contribution >= 4 is 0 Å². The van der Waals surface area contributed by atoms with E-state index in [0.717, 1.165) is 19.4 Å². The van der Waals surface area contributed by atoms with Crippen molar-refractivity contribution in [3.63, 3.8) is 0 Å². The van der Waals surface area contributed by atoms with Crippen molar-refractivity contribution < 1.29 is 27.4 Å². The van der Waals surface area contributed by atoms with Gasteiger partial charge in [0.2, 0.25) is 0 Å². The van der Waals surface area contributed by atoms with Crippen LogP contribution in [0.15, 0.2) is 0 Å². The van der Waals surface area contributed by atoms with Gasteiger partial charge in [-0.1, -0.05) is 0 Å². The lowest BCUT2D eigenvalue weighted by Gasteiger charge is -2.45. The molecular weight excluding hydrogens is 404 g/mol. The van der Waals surface area contributed by atoms with Crippen LogP contribution in [0.3, 0.4) is 0 Å². The molecule has 1 aliphatic carbocycles. The fourth-order valence-corrected chi connectivity index (χ4v) is 5.70. The third kappa shape index (κ3) is 4.94. The molecule has 4 unspecified atom stereocenters. The number of alkyl halides is 4. The van der Waals surface area contributed by atoms with E-state index in [0.29, 0.717) is 32.5 Å². The highest BCUT2D eigenvalue weighted by Crippen LogP contribution is 2.43. The minimum Gasteiger partial charge on any atom is -0.386 e. The molecule has 0 spiro atoms. The summed E-state index contributed by atoms with van der Waals surface area (Å²) in [6.45, 7) is 2.20. The first-order chi connectivity index (χ1) is 14.3. The van der Waals surface area contributed by atoms with Crippen molar-refractivity contribution in [1.82, 2.24) is 20.9 Å². The standard InChI is InChI=1S/C20H34F4N4O2/c21-16-17(25-10-19(29)7-9-30-11-19)26-12-27-18(16)28-8-1-2-15(28)13-3-5-14(6-4-13)20(22,23)24/h13-18,25-27,29H,1-12H2/t13?,14?,15-,16?,17?,18?,19?/m1/s1. The molecular formula is C20H34F4N4O2. The van der Waals surface area contributed by atoms with Crippen LogP contribution < -0.4 is 16.0 Å². The maximum absolute atomic E-state index is 15.4. The summed E-state index contributed by atoms with van der Waals surface area (Å²) < 4.78 is 59.7. The molecule has 3 heterocycles. The number of aliphatic hydroxyl groups is 1. The smallest absolute Gasteiger partial charge is 0.386 e. The van der Waals surface area contributed by atoms with Crippen molar-refractivity contribution in [2.75, 3.05) is 33.0 Å².